The molecule has 3 rings (SSSR count). The van der Waals surface area contributed by atoms with Crippen molar-refractivity contribution >= 4 is 27.3 Å². The molecule has 37 heavy (non-hydrogen) atoms. The van der Waals surface area contributed by atoms with E-state index >= 15 is 0 Å². The van der Waals surface area contributed by atoms with Gasteiger partial charge in [-0.25, -0.2) is 12.8 Å². The van der Waals surface area contributed by atoms with Crippen LogP contribution in [0.5, 0.6) is 0 Å². The fraction of sp³-hybridized carbons (Fsp3) is 0.346. The van der Waals surface area contributed by atoms with Gasteiger partial charge in [0.25, 0.3) is 0 Å². The number of carbonyl (C=O) groups excluding carboxylic acids is 1. The molecule has 1 heterocycles. The minimum absolute atomic E-state index is 0.106. The van der Waals surface area contributed by atoms with Crippen LogP contribution in [0.3, 0.4) is 0 Å². The van der Waals surface area contributed by atoms with Crippen LogP contribution >= 0.6 is 11.3 Å². The van der Waals surface area contributed by atoms with Crippen molar-refractivity contribution in [1.82, 2.24) is 9.21 Å². The van der Waals surface area contributed by atoms with Gasteiger partial charge in [-0.3, -0.25) is 4.79 Å². The average Bonchev–Trinajstić information content (AvgIpc) is 3.26. The van der Waals surface area contributed by atoms with E-state index in [0.29, 0.717) is 18.1 Å². The van der Waals surface area contributed by atoms with Crippen LogP contribution in [0.2, 0.25) is 0 Å². The molecular formula is C26H28F4N2O3S2. The van der Waals surface area contributed by atoms with E-state index in [4.69, 9.17) is 0 Å². The third-order valence-electron chi connectivity index (χ3n) is 6.08. The lowest BCUT2D eigenvalue weighted by molar-refractivity contribution is -0.137. The van der Waals surface area contributed by atoms with Gasteiger partial charge < -0.3 is 4.90 Å². The predicted molar refractivity (Wildman–Crippen MR) is 135 cm³/mol. The van der Waals surface area contributed by atoms with Crippen LogP contribution in [0.25, 0.3) is 0 Å². The molecule has 1 aromatic heterocycles. The first kappa shape index (κ1) is 28.8. The number of halogens is 4. The summed E-state index contributed by atoms with van der Waals surface area (Å²) < 4.78 is 81.1. The van der Waals surface area contributed by atoms with E-state index in [-0.39, 0.29) is 13.1 Å². The molecule has 0 aliphatic heterocycles. The van der Waals surface area contributed by atoms with E-state index in [1.165, 1.54) is 28.4 Å². The molecule has 1 atom stereocenters. The zero-order chi connectivity index (χ0) is 27.4. The van der Waals surface area contributed by atoms with Crippen LogP contribution in [-0.2, 0) is 34.1 Å². The molecule has 0 saturated heterocycles. The highest BCUT2D eigenvalue weighted by Crippen LogP contribution is 2.32. The van der Waals surface area contributed by atoms with Crippen molar-refractivity contribution in [2.24, 2.45) is 0 Å². The van der Waals surface area contributed by atoms with Gasteiger partial charge in [-0.2, -0.15) is 17.5 Å². The summed E-state index contributed by atoms with van der Waals surface area (Å²) in [6.45, 7) is 4.99. The number of hydrogen-bond acceptors (Lipinski definition) is 4. The van der Waals surface area contributed by atoms with Gasteiger partial charge in [0, 0.05) is 17.5 Å². The van der Waals surface area contributed by atoms with E-state index in [2.05, 4.69) is 0 Å². The van der Waals surface area contributed by atoms with E-state index in [0.717, 1.165) is 32.9 Å². The van der Waals surface area contributed by atoms with Crippen molar-refractivity contribution in [3.05, 3.63) is 87.4 Å². The standard InChI is InChI=1S/C26H28F4N2O3S2/c1-4-19(3)32(37(34,35)23-7-5-6-21(14-23)26(28,29)30)17-25(33)31(16-24-18(2)12-13-36-24)15-20-8-10-22(27)11-9-20/h5-14,19H,4,15-17H2,1-3H3. The van der Waals surface area contributed by atoms with Crippen LogP contribution in [0.4, 0.5) is 17.6 Å². The molecule has 0 spiro atoms. The smallest absolute Gasteiger partial charge is 0.332 e. The van der Waals surface area contributed by atoms with E-state index in [1.807, 2.05) is 18.4 Å². The molecule has 0 saturated carbocycles. The molecule has 3 aromatic rings. The SMILES string of the molecule is CCC(C)N(CC(=O)N(Cc1ccc(F)cc1)Cc1sccc1C)S(=O)(=O)c1cccc(C(F)(F)F)c1. The Morgan fingerprint density at radius 1 is 1.05 bits per heavy atom. The molecule has 0 radical (unpaired) electrons. The monoisotopic (exact) mass is 556 g/mol. The van der Waals surface area contributed by atoms with Gasteiger partial charge >= 0.3 is 6.18 Å². The van der Waals surface area contributed by atoms with Crippen LogP contribution in [0.15, 0.2) is 64.9 Å². The Bertz CT molecular complexity index is 1320. The number of amides is 1. The largest absolute Gasteiger partial charge is 0.416 e. The van der Waals surface area contributed by atoms with Crippen molar-refractivity contribution in [2.45, 2.75) is 57.4 Å². The number of aryl methyl sites for hydroxylation is 1. The van der Waals surface area contributed by atoms with Crippen LogP contribution in [0.1, 0.15) is 41.8 Å². The summed E-state index contributed by atoms with van der Waals surface area (Å²) in [5.74, 6) is -0.946. The summed E-state index contributed by atoms with van der Waals surface area (Å²) in [5, 5.41) is 1.88. The van der Waals surface area contributed by atoms with Crippen molar-refractivity contribution < 1.29 is 30.8 Å². The summed E-state index contributed by atoms with van der Waals surface area (Å²) >= 11 is 1.45. The molecule has 0 fully saturated rings. The Kier molecular flexibility index (Phi) is 9.14. The van der Waals surface area contributed by atoms with Crippen LogP contribution in [-0.4, -0.2) is 36.1 Å². The molecule has 0 N–H and O–H groups in total. The number of benzene rings is 2. The highest BCUT2D eigenvalue weighted by Gasteiger charge is 2.35. The topological polar surface area (TPSA) is 57.7 Å². The Morgan fingerprint density at radius 2 is 1.73 bits per heavy atom. The fourth-order valence-electron chi connectivity index (χ4n) is 3.66. The summed E-state index contributed by atoms with van der Waals surface area (Å²) in [6.07, 6.45) is -4.37. The van der Waals surface area contributed by atoms with Gasteiger partial charge in [0.2, 0.25) is 15.9 Å². The Balaban J connectivity index is 1.95. The number of carbonyl (C=O) groups is 1. The highest BCUT2D eigenvalue weighted by atomic mass is 32.2. The lowest BCUT2D eigenvalue weighted by atomic mass is 10.2. The normalized spacial score (nSPS) is 13.1. The van der Waals surface area contributed by atoms with Crippen LogP contribution < -0.4 is 0 Å². The summed E-state index contributed by atoms with van der Waals surface area (Å²) in [4.78, 5) is 15.4. The highest BCUT2D eigenvalue weighted by molar-refractivity contribution is 7.89. The van der Waals surface area contributed by atoms with E-state index in [1.54, 1.807) is 26.0 Å². The lowest BCUT2D eigenvalue weighted by Crippen LogP contribution is -2.46. The summed E-state index contributed by atoms with van der Waals surface area (Å²) in [6, 6.07) is 10.4. The molecular weight excluding hydrogens is 528 g/mol. The molecule has 0 aliphatic carbocycles. The van der Waals surface area contributed by atoms with Crippen molar-refractivity contribution in [3.8, 4) is 0 Å². The van der Waals surface area contributed by atoms with Crippen molar-refractivity contribution in [1.29, 1.82) is 0 Å². The maximum atomic E-state index is 13.6. The first-order valence-electron chi connectivity index (χ1n) is 11.6. The first-order chi connectivity index (χ1) is 17.3. The second kappa shape index (κ2) is 11.7. The second-order valence-electron chi connectivity index (χ2n) is 8.74. The van der Waals surface area contributed by atoms with Crippen molar-refractivity contribution in [3.63, 3.8) is 0 Å². The molecule has 200 valence electrons. The zero-order valence-electron chi connectivity index (χ0n) is 20.6. The second-order valence-corrected chi connectivity index (χ2v) is 11.6. The third-order valence-corrected chi connectivity index (χ3v) is 9.05. The average molecular weight is 557 g/mol. The van der Waals surface area contributed by atoms with Crippen LogP contribution in [0, 0.1) is 12.7 Å². The molecule has 11 heteroatoms. The molecule has 2 aromatic carbocycles. The van der Waals surface area contributed by atoms with Gasteiger partial charge in [-0.15, -0.1) is 11.3 Å². The minimum Gasteiger partial charge on any atom is -0.332 e. The van der Waals surface area contributed by atoms with Gasteiger partial charge in [-0.1, -0.05) is 25.1 Å². The Labute approximate surface area is 218 Å². The van der Waals surface area contributed by atoms with E-state index < -0.39 is 51.0 Å². The molecule has 5 nitrogen and oxygen atoms in total. The quantitative estimate of drug-likeness (QED) is 0.278. The fourth-order valence-corrected chi connectivity index (χ4v) is 6.29. The Hall–Kier alpha value is -2.76. The summed E-state index contributed by atoms with van der Waals surface area (Å²) in [7, 11) is -4.43. The maximum absolute atomic E-state index is 13.6. The Morgan fingerprint density at radius 3 is 2.30 bits per heavy atom. The maximum Gasteiger partial charge on any atom is 0.416 e. The number of rotatable bonds is 10. The third kappa shape index (κ3) is 7.18. The first-order valence-corrected chi connectivity index (χ1v) is 13.9. The van der Waals surface area contributed by atoms with E-state index in [9.17, 15) is 30.8 Å². The number of nitrogens with zero attached hydrogens (tertiary/aromatic N) is 2. The number of alkyl halides is 3. The van der Waals surface area contributed by atoms with Crippen molar-refractivity contribution in [2.75, 3.05) is 6.54 Å². The predicted octanol–water partition coefficient (Wildman–Crippen LogP) is 6.23. The molecule has 0 aliphatic rings. The zero-order valence-corrected chi connectivity index (χ0v) is 22.3. The summed E-state index contributed by atoms with van der Waals surface area (Å²) in [5.41, 5.74) is 0.534. The van der Waals surface area contributed by atoms with Gasteiger partial charge in [0.1, 0.15) is 5.82 Å². The lowest BCUT2D eigenvalue weighted by Gasteiger charge is -2.30. The van der Waals surface area contributed by atoms with Gasteiger partial charge in [0.05, 0.1) is 23.5 Å². The molecule has 0 bridgehead atoms. The number of thiophene rings is 1. The molecule has 1 amide bonds. The van der Waals surface area contributed by atoms with Gasteiger partial charge in [0.15, 0.2) is 0 Å². The number of sulfonamides is 1. The van der Waals surface area contributed by atoms with Gasteiger partial charge in [-0.05, 0) is 73.2 Å². The minimum atomic E-state index is -4.72. The molecule has 1 unspecified atom stereocenters. The number of hydrogen-bond donors (Lipinski definition) is 0.